The van der Waals surface area contributed by atoms with Crippen molar-refractivity contribution in [3.63, 3.8) is 0 Å². The molecule has 0 heterocycles. The van der Waals surface area contributed by atoms with E-state index in [1.165, 1.54) is 0 Å². The molecule has 0 unspecified atom stereocenters. The Hall–Kier alpha value is 0.421. The molecule has 0 saturated carbocycles. The minimum absolute atomic E-state index is 0. The molecule has 0 aliphatic heterocycles. The number of hydrogen-bond donors (Lipinski definition) is 2. The Kier molecular flexibility index (Phi) is 5.52. The fourth-order valence-electron chi connectivity index (χ4n) is 1.00. The molecule has 0 spiro atoms. The Morgan fingerprint density at radius 1 is 1.19 bits per heavy atom. The Bertz CT molecular complexity index is 491. The van der Waals surface area contributed by atoms with E-state index < -0.39 is 27.4 Å². The van der Waals surface area contributed by atoms with E-state index in [1.54, 1.807) is 0 Å². The number of halogens is 3. The zero-order valence-electron chi connectivity index (χ0n) is 8.32. The van der Waals surface area contributed by atoms with Crippen molar-refractivity contribution in [2.45, 2.75) is 4.90 Å². The zero-order valence-corrected chi connectivity index (χ0v) is 12.3. The van der Waals surface area contributed by atoms with E-state index in [4.69, 9.17) is 10.9 Å². The van der Waals surface area contributed by atoms with Gasteiger partial charge in [0.1, 0.15) is 4.90 Å². The van der Waals surface area contributed by atoms with Crippen LogP contribution >= 0.6 is 0 Å². The minimum atomic E-state index is -5.27. The summed E-state index contributed by atoms with van der Waals surface area (Å²) < 4.78 is 58.6. The van der Waals surface area contributed by atoms with Crippen molar-refractivity contribution in [3.05, 3.63) is 18.2 Å². The normalized spacial score (nSPS) is 12.0. The molecule has 1 aromatic carbocycles. The van der Waals surface area contributed by atoms with Crippen LogP contribution in [0.5, 0.6) is 0 Å². The molecular weight excluding hydrogens is 271 g/mol. The first kappa shape index (κ1) is 16.4. The van der Waals surface area contributed by atoms with Crippen molar-refractivity contribution in [2.24, 2.45) is 5.14 Å². The molecule has 10 heteroatoms. The van der Waals surface area contributed by atoms with Gasteiger partial charge in [-0.05, 0) is 6.07 Å². The fraction of sp³-hybridized carbons (Fsp3) is 0. The number of hydrogen-bond acceptors (Lipinski definition) is 3. The molecule has 0 aliphatic rings. The van der Waals surface area contributed by atoms with E-state index in [1.807, 2.05) is 0 Å². The van der Waals surface area contributed by atoms with Crippen LogP contribution in [0.2, 0.25) is 0 Å². The summed E-state index contributed by atoms with van der Waals surface area (Å²) in [5.74, 6) is 0. The van der Waals surface area contributed by atoms with Gasteiger partial charge in [0, 0.05) is 0 Å². The van der Waals surface area contributed by atoms with E-state index in [2.05, 4.69) is 0 Å². The molecule has 0 fully saturated rings. The van der Waals surface area contributed by atoms with Crippen LogP contribution in [0.25, 0.3) is 0 Å². The average Bonchev–Trinajstić information content (AvgIpc) is 2.00. The van der Waals surface area contributed by atoms with Gasteiger partial charge in [0.15, 0.2) is 0 Å². The van der Waals surface area contributed by atoms with Gasteiger partial charge in [-0.3, -0.25) is 0 Å². The number of nitrogen functional groups attached to an aromatic ring is 1. The first-order chi connectivity index (χ1) is 6.62. The van der Waals surface area contributed by atoms with Crippen LogP contribution in [0.4, 0.5) is 18.6 Å². The molecule has 0 saturated heterocycles. The summed E-state index contributed by atoms with van der Waals surface area (Å²) in [5, 5.41) is 4.70. The third-order valence-electron chi connectivity index (χ3n) is 1.72. The summed E-state index contributed by atoms with van der Waals surface area (Å²) >= 11 is 0. The van der Waals surface area contributed by atoms with E-state index in [0.717, 1.165) is 6.07 Å². The molecule has 0 amide bonds. The van der Waals surface area contributed by atoms with Gasteiger partial charge in [0.25, 0.3) is 0 Å². The quantitative estimate of drug-likeness (QED) is 0.446. The molecule has 0 aromatic heterocycles. The van der Waals surface area contributed by atoms with Gasteiger partial charge in [-0.15, -0.1) is 5.46 Å². The minimum Gasteiger partial charge on any atom is -0.445 e. The predicted octanol–water partition coefficient (Wildman–Crippen LogP) is -3.03. The number of rotatable bonds is 2. The molecule has 0 atom stereocenters. The maximum atomic E-state index is 12.3. The van der Waals surface area contributed by atoms with Gasteiger partial charge in [-0.1, -0.05) is 12.1 Å². The van der Waals surface area contributed by atoms with Crippen LogP contribution in [0.1, 0.15) is 0 Å². The van der Waals surface area contributed by atoms with Gasteiger partial charge in [-0.25, -0.2) is 13.6 Å². The number of nitrogens with two attached hydrogens (primary N) is 2. The van der Waals surface area contributed by atoms with Crippen LogP contribution in [0.3, 0.4) is 0 Å². The van der Waals surface area contributed by atoms with Crippen molar-refractivity contribution in [3.8, 4) is 0 Å². The third kappa shape index (κ3) is 4.02. The molecule has 1 rings (SSSR count). The van der Waals surface area contributed by atoms with Crippen LogP contribution in [-0.2, 0) is 10.0 Å². The molecule has 0 bridgehead atoms. The Balaban J connectivity index is 0.00000225. The molecule has 0 aliphatic carbocycles. The number of sulfonamides is 1. The third-order valence-corrected chi connectivity index (χ3v) is 2.69. The second-order valence-corrected chi connectivity index (χ2v) is 4.45. The van der Waals surface area contributed by atoms with E-state index in [-0.39, 0.29) is 57.1 Å². The molecular formula is C6H7BF3KN2O2S. The largest absolute Gasteiger partial charge is 1.00 e. The summed E-state index contributed by atoms with van der Waals surface area (Å²) in [6.45, 7) is -5.27. The van der Waals surface area contributed by atoms with Gasteiger partial charge >= 0.3 is 58.4 Å². The molecule has 0 radical (unpaired) electrons. The predicted molar refractivity (Wildman–Crippen MR) is 50.9 cm³/mol. The van der Waals surface area contributed by atoms with Crippen LogP contribution < -0.4 is 67.7 Å². The fourth-order valence-corrected chi connectivity index (χ4v) is 1.70. The standard InChI is InChI=1S/C6H7BF3N2O2S.K/c8-7(9,10)4-1-2-5(11)6(3-4)15(12,13)14;/h1-3H,11H2,(H2,12,13,14);/q-1;+1. The number of anilines is 1. The van der Waals surface area contributed by atoms with Crippen molar-refractivity contribution < 1.29 is 72.7 Å². The van der Waals surface area contributed by atoms with Gasteiger partial charge in [-0.2, -0.15) is 0 Å². The SMILES string of the molecule is Nc1ccc([B-](F)(F)F)cc1S(N)(=O)=O.[K+]. The maximum absolute atomic E-state index is 12.3. The molecule has 4 nitrogen and oxygen atoms in total. The van der Waals surface area contributed by atoms with Gasteiger partial charge in [0.2, 0.25) is 10.0 Å². The van der Waals surface area contributed by atoms with Crippen molar-refractivity contribution in [1.29, 1.82) is 0 Å². The van der Waals surface area contributed by atoms with Crippen molar-refractivity contribution in [2.75, 3.05) is 5.73 Å². The second-order valence-electron chi connectivity index (χ2n) is 2.92. The summed E-state index contributed by atoms with van der Waals surface area (Å²) in [4.78, 5) is -0.709. The second kappa shape index (κ2) is 5.38. The number of benzene rings is 1. The summed E-state index contributed by atoms with van der Waals surface area (Å²) in [5.41, 5.74) is 3.85. The molecule has 1 aromatic rings. The monoisotopic (exact) mass is 278 g/mol. The van der Waals surface area contributed by atoms with Gasteiger partial charge < -0.3 is 18.7 Å². The van der Waals surface area contributed by atoms with Gasteiger partial charge in [0.05, 0.1) is 5.69 Å². The smallest absolute Gasteiger partial charge is 0.445 e. The summed E-state index contributed by atoms with van der Waals surface area (Å²) in [6, 6.07) is 2.01. The van der Waals surface area contributed by atoms with Crippen LogP contribution in [0.15, 0.2) is 23.1 Å². The molecule has 16 heavy (non-hydrogen) atoms. The van der Waals surface area contributed by atoms with Crippen molar-refractivity contribution in [1.82, 2.24) is 0 Å². The maximum Gasteiger partial charge on any atom is 1.00 e. The number of primary sulfonamides is 1. The first-order valence-electron chi connectivity index (χ1n) is 3.74. The topological polar surface area (TPSA) is 86.2 Å². The Labute approximate surface area is 133 Å². The van der Waals surface area contributed by atoms with Crippen molar-refractivity contribution >= 4 is 28.2 Å². The van der Waals surface area contributed by atoms with E-state index in [0.29, 0.717) is 12.1 Å². The summed E-state index contributed by atoms with van der Waals surface area (Å²) in [7, 11) is -4.23. The summed E-state index contributed by atoms with van der Waals surface area (Å²) in [6.07, 6.45) is 0. The van der Waals surface area contributed by atoms with E-state index >= 15 is 0 Å². The Morgan fingerprint density at radius 3 is 2.06 bits per heavy atom. The average molecular weight is 278 g/mol. The zero-order chi connectivity index (χ0) is 11.9. The van der Waals surface area contributed by atoms with Crippen LogP contribution in [-0.4, -0.2) is 15.4 Å². The molecule has 84 valence electrons. The molecule has 4 N–H and O–H groups in total. The van der Waals surface area contributed by atoms with Crippen LogP contribution in [0, 0.1) is 0 Å². The first-order valence-corrected chi connectivity index (χ1v) is 5.29. The Morgan fingerprint density at radius 2 is 1.69 bits per heavy atom. The van der Waals surface area contributed by atoms with E-state index in [9.17, 15) is 21.4 Å².